The first-order chi connectivity index (χ1) is 14.6. The molecular weight excluding hydrogens is 380 g/mol. The van der Waals surface area contributed by atoms with Crippen molar-refractivity contribution >= 4 is 11.8 Å². The van der Waals surface area contributed by atoms with Crippen molar-refractivity contribution in [3.63, 3.8) is 0 Å². The molecule has 1 fully saturated rings. The molecular formula is C24H28N2O4. The number of aryl methyl sites for hydroxylation is 1. The van der Waals surface area contributed by atoms with Crippen LogP contribution in [0.1, 0.15) is 40.2 Å². The molecule has 2 aliphatic rings. The number of methoxy groups -OCH3 is 2. The van der Waals surface area contributed by atoms with Gasteiger partial charge in [-0.15, -0.1) is 0 Å². The third-order valence-electron chi connectivity index (χ3n) is 6.20. The third-order valence-corrected chi connectivity index (χ3v) is 6.20. The molecule has 1 unspecified atom stereocenters. The zero-order chi connectivity index (χ0) is 21.1. The first-order valence-electron chi connectivity index (χ1n) is 10.5. The normalized spacial score (nSPS) is 18.1. The van der Waals surface area contributed by atoms with Crippen LogP contribution in [0.4, 0.5) is 0 Å². The number of hydrogen-bond acceptors (Lipinski definition) is 4. The van der Waals surface area contributed by atoms with Crippen LogP contribution in [-0.4, -0.2) is 62.0 Å². The number of rotatable bonds is 5. The zero-order valence-electron chi connectivity index (χ0n) is 17.6. The lowest BCUT2D eigenvalue weighted by atomic mass is 9.97. The number of carbonyl (C=O) groups excluding carboxylic acids is 2. The van der Waals surface area contributed by atoms with Gasteiger partial charge < -0.3 is 19.3 Å². The lowest BCUT2D eigenvalue weighted by molar-refractivity contribution is -0.133. The molecule has 158 valence electrons. The van der Waals surface area contributed by atoms with Crippen molar-refractivity contribution in [2.24, 2.45) is 0 Å². The summed E-state index contributed by atoms with van der Waals surface area (Å²) in [6, 6.07) is 13.6. The van der Waals surface area contributed by atoms with E-state index in [-0.39, 0.29) is 11.8 Å². The standard InChI is InChI=1S/C24H28N2O4/c1-29-20-13-19(14-21(16-20)30-2)24(28)26-11-9-25(10-12-26)23(27)15-18-8-7-17-5-3-4-6-22(17)18/h3-6,13-14,16,18H,7-12,15H2,1-2H3. The molecule has 2 amide bonds. The predicted octanol–water partition coefficient (Wildman–Crippen LogP) is 3.11. The second kappa shape index (κ2) is 8.78. The van der Waals surface area contributed by atoms with E-state index in [1.165, 1.54) is 11.1 Å². The second-order valence-electron chi connectivity index (χ2n) is 7.91. The summed E-state index contributed by atoms with van der Waals surface area (Å²) in [5.41, 5.74) is 3.24. The van der Waals surface area contributed by atoms with Gasteiger partial charge in [-0.1, -0.05) is 24.3 Å². The van der Waals surface area contributed by atoms with Crippen molar-refractivity contribution in [3.05, 3.63) is 59.2 Å². The number of nitrogens with zero attached hydrogens (tertiary/aromatic N) is 2. The maximum absolute atomic E-state index is 12.9. The number of hydrogen-bond donors (Lipinski definition) is 0. The zero-order valence-corrected chi connectivity index (χ0v) is 17.6. The molecule has 4 rings (SSSR count). The molecule has 1 aliphatic heterocycles. The minimum atomic E-state index is -0.0657. The van der Waals surface area contributed by atoms with Crippen LogP contribution in [-0.2, 0) is 11.2 Å². The van der Waals surface area contributed by atoms with Gasteiger partial charge in [0.1, 0.15) is 11.5 Å². The van der Waals surface area contributed by atoms with E-state index < -0.39 is 0 Å². The fourth-order valence-electron chi connectivity index (χ4n) is 4.47. The molecule has 1 aliphatic carbocycles. The fourth-order valence-corrected chi connectivity index (χ4v) is 4.47. The molecule has 2 aromatic carbocycles. The number of ether oxygens (including phenoxy) is 2. The summed E-state index contributed by atoms with van der Waals surface area (Å²) >= 11 is 0. The monoisotopic (exact) mass is 408 g/mol. The third kappa shape index (κ3) is 4.13. The van der Waals surface area contributed by atoms with Gasteiger partial charge in [0.15, 0.2) is 0 Å². The number of carbonyl (C=O) groups is 2. The van der Waals surface area contributed by atoms with Gasteiger partial charge in [-0.2, -0.15) is 0 Å². The minimum Gasteiger partial charge on any atom is -0.497 e. The maximum atomic E-state index is 12.9. The average molecular weight is 408 g/mol. The molecule has 0 N–H and O–H groups in total. The highest BCUT2D eigenvalue weighted by Gasteiger charge is 2.29. The van der Waals surface area contributed by atoms with Crippen LogP contribution in [0.3, 0.4) is 0 Å². The second-order valence-corrected chi connectivity index (χ2v) is 7.91. The molecule has 2 aromatic rings. The van der Waals surface area contributed by atoms with E-state index in [1.807, 2.05) is 4.90 Å². The Bertz CT molecular complexity index is 912. The van der Waals surface area contributed by atoms with E-state index in [4.69, 9.17) is 9.47 Å². The summed E-state index contributed by atoms with van der Waals surface area (Å²) < 4.78 is 10.5. The average Bonchev–Trinajstić information content (AvgIpc) is 3.21. The highest BCUT2D eigenvalue weighted by molar-refractivity contribution is 5.95. The first kappa shape index (κ1) is 20.3. The topological polar surface area (TPSA) is 59.1 Å². The summed E-state index contributed by atoms with van der Waals surface area (Å²) in [7, 11) is 3.13. The summed E-state index contributed by atoms with van der Waals surface area (Å²) in [5.74, 6) is 1.61. The minimum absolute atomic E-state index is 0.0657. The van der Waals surface area contributed by atoms with E-state index in [2.05, 4.69) is 24.3 Å². The molecule has 1 heterocycles. The lowest BCUT2D eigenvalue weighted by Crippen LogP contribution is -2.50. The number of fused-ring (bicyclic) bond motifs is 1. The van der Waals surface area contributed by atoms with E-state index >= 15 is 0 Å². The van der Waals surface area contributed by atoms with Crippen molar-refractivity contribution in [1.29, 1.82) is 0 Å². The lowest BCUT2D eigenvalue weighted by Gasteiger charge is -2.35. The van der Waals surface area contributed by atoms with Gasteiger partial charge in [0.25, 0.3) is 5.91 Å². The SMILES string of the molecule is COc1cc(OC)cc(C(=O)N2CCN(C(=O)CC3CCc4ccccc43)CC2)c1. The Kier molecular flexibility index (Phi) is 5.93. The van der Waals surface area contributed by atoms with E-state index in [1.54, 1.807) is 37.3 Å². The number of amides is 2. The maximum Gasteiger partial charge on any atom is 0.254 e. The molecule has 0 bridgehead atoms. The first-order valence-corrected chi connectivity index (χ1v) is 10.5. The molecule has 6 heteroatoms. The molecule has 0 spiro atoms. The molecule has 0 radical (unpaired) electrons. The van der Waals surface area contributed by atoms with Crippen LogP contribution in [0.25, 0.3) is 0 Å². The molecule has 30 heavy (non-hydrogen) atoms. The Labute approximate surface area is 177 Å². The van der Waals surface area contributed by atoms with Crippen molar-refractivity contribution in [3.8, 4) is 11.5 Å². The molecule has 1 atom stereocenters. The van der Waals surface area contributed by atoms with Crippen LogP contribution in [0.15, 0.2) is 42.5 Å². The predicted molar refractivity (Wildman–Crippen MR) is 114 cm³/mol. The number of benzene rings is 2. The Morgan fingerprint density at radius 1 is 0.933 bits per heavy atom. The molecule has 0 aromatic heterocycles. The van der Waals surface area contributed by atoms with Gasteiger partial charge in [0, 0.05) is 44.2 Å². The van der Waals surface area contributed by atoms with Crippen molar-refractivity contribution in [2.45, 2.75) is 25.2 Å². The van der Waals surface area contributed by atoms with E-state index in [9.17, 15) is 9.59 Å². The van der Waals surface area contributed by atoms with Crippen LogP contribution >= 0.6 is 0 Å². The van der Waals surface area contributed by atoms with Crippen LogP contribution < -0.4 is 9.47 Å². The quantitative estimate of drug-likeness (QED) is 0.763. The number of piperazine rings is 1. The Morgan fingerprint density at radius 3 is 2.23 bits per heavy atom. The van der Waals surface area contributed by atoms with Gasteiger partial charge in [-0.05, 0) is 42.0 Å². The Hall–Kier alpha value is -3.02. The largest absolute Gasteiger partial charge is 0.497 e. The van der Waals surface area contributed by atoms with Gasteiger partial charge in [0.2, 0.25) is 5.91 Å². The van der Waals surface area contributed by atoms with Crippen LogP contribution in [0, 0.1) is 0 Å². The van der Waals surface area contributed by atoms with Crippen LogP contribution in [0.2, 0.25) is 0 Å². The molecule has 1 saturated heterocycles. The van der Waals surface area contributed by atoms with Crippen LogP contribution in [0.5, 0.6) is 11.5 Å². The van der Waals surface area contributed by atoms with Crippen molar-refractivity contribution in [1.82, 2.24) is 9.80 Å². The summed E-state index contributed by atoms with van der Waals surface area (Å²) in [6.07, 6.45) is 2.65. The Balaban J connectivity index is 1.35. The van der Waals surface area contributed by atoms with Crippen molar-refractivity contribution < 1.29 is 19.1 Å². The highest BCUT2D eigenvalue weighted by atomic mass is 16.5. The van der Waals surface area contributed by atoms with Gasteiger partial charge in [0.05, 0.1) is 14.2 Å². The van der Waals surface area contributed by atoms with E-state index in [0.717, 1.165) is 12.8 Å². The van der Waals surface area contributed by atoms with Gasteiger partial charge in [-0.3, -0.25) is 9.59 Å². The Morgan fingerprint density at radius 2 is 1.57 bits per heavy atom. The fraction of sp³-hybridized carbons (Fsp3) is 0.417. The van der Waals surface area contributed by atoms with Gasteiger partial charge >= 0.3 is 0 Å². The summed E-state index contributed by atoms with van der Waals surface area (Å²) in [4.78, 5) is 29.5. The summed E-state index contributed by atoms with van der Waals surface area (Å²) in [5, 5.41) is 0. The molecule has 0 saturated carbocycles. The van der Waals surface area contributed by atoms with Gasteiger partial charge in [-0.25, -0.2) is 0 Å². The smallest absolute Gasteiger partial charge is 0.254 e. The highest BCUT2D eigenvalue weighted by Crippen LogP contribution is 2.35. The van der Waals surface area contributed by atoms with Crippen molar-refractivity contribution in [2.75, 3.05) is 40.4 Å². The molecule has 6 nitrogen and oxygen atoms in total. The van der Waals surface area contributed by atoms with E-state index in [0.29, 0.717) is 55.6 Å². The summed E-state index contributed by atoms with van der Waals surface area (Å²) in [6.45, 7) is 2.21.